The molecule has 0 radical (unpaired) electrons. The Hall–Kier alpha value is -3.50. The van der Waals surface area contributed by atoms with Crippen LogP contribution < -0.4 is 5.32 Å². The van der Waals surface area contributed by atoms with E-state index < -0.39 is 27.1 Å². The van der Waals surface area contributed by atoms with Crippen LogP contribution in [0.1, 0.15) is 15.9 Å². The number of amides is 1. The van der Waals surface area contributed by atoms with E-state index in [4.69, 9.17) is 23.2 Å². The van der Waals surface area contributed by atoms with Crippen LogP contribution in [0, 0.1) is 20.2 Å². The molecule has 0 fully saturated rings. The monoisotopic (exact) mass is 435 g/mol. The molecular formula is C17H11Cl2N5O5. The van der Waals surface area contributed by atoms with Crippen LogP contribution in [-0.2, 0) is 6.54 Å². The van der Waals surface area contributed by atoms with Crippen molar-refractivity contribution >= 4 is 46.3 Å². The Morgan fingerprint density at radius 3 is 2.17 bits per heavy atom. The van der Waals surface area contributed by atoms with Gasteiger partial charge in [0, 0.05) is 23.4 Å². The second-order valence-corrected chi connectivity index (χ2v) is 6.70. The van der Waals surface area contributed by atoms with Crippen LogP contribution in [0.3, 0.4) is 0 Å². The molecule has 0 saturated carbocycles. The minimum absolute atomic E-state index is 0.0137. The molecule has 1 amide bonds. The van der Waals surface area contributed by atoms with Crippen molar-refractivity contribution in [2.45, 2.75) is 6.54 Å². The second kappa shape index (κ2) is 8.25. The van der Waals surface area contributed by atoms with Gasteiger partial charge in [-0.05, 0) is 17.7 Å². The van der Waals surface area contributed by atoms with Gasteiger partial charge < -0.3 is 5.32 Å². The van der Waals surface area contributed by atoms with E-state index in [9.17, 15) is 25.0 Å². The largest absolute Gasteiger partial charge is 0.304 e. The van der Waals surface area contributed by atoms with E-state index in [1.165, 1.54) is 10.9 Å². The zero-order chi connectivity index (χ0) is 21.1. The van der Waals surface area contributed by atoms with Crippen molar-refractivity contribution in [3.63, 3.8) is 0 Å². The van der Waals surface area contributed by atoms with E-state index in [1.54, 1.807) is 24.3 Å². The fourth-order valence-corrected chi connectivity index (χ4v) is 2.78. The molecule has 0 aliphatic heterocycles. The average Bonchev–Trinajstić information content (AvgIpc) is 3.02. The summed E-state index contributed by atoms with van der Waals surface area (Å²) in [6, 6.07) is 9.68. The van der Waals surface area contributed by atoms with Crippen LogP contribution in [0.25, 0.3) is 0 Å². The number of hydrogen-bond donors (Lipinski definition) is 1. The summed E-state index contributed by atoms with van der Waals surface area (Å²) in [7, 11) is 0. The summed E-state index contributed by atoms with van der Waals surface area (Å²) < 4.78 is 1.48. The number of nitrogens with zero attached hydrogens (tertiary/aromatic N) is 4. The van der Waals surface area contributed by atoms with Gasteiger partial charge >= 0.3 is 0 Å². The summed E-state index contributed by atoms with van der Waals surface area (Å²) in [5, 5.41) is 29.2. The molecule has 0 unspecified atom stereocenters. The van der Waals surface area contributed by atoms with Crippen molar-refractivity contribution in [1.29, 1.82) is 0 Å². The minimum atomic E-state index is -0.824. The van der Waals surface area contributed by atoms with Crippen molar-refractivity contribution in [3.05, 3.63) is 90.1 Å². The van der Waals surface area contributed by atoms with Gasteiger partial charge in [-0.3, -0.25) is 29.7 Å². The predicted molar refractivity (Wildman–Crippen MR) is 105 cm³/mol. The summed E-state index contributed by atoms with van der Waals surface area (Å²) in [5.74, 6) is -0.810. The van der Waals surface area contributed by atoms with E-state index in [0.717, 1.165) is 23.8 Å². The van der Waals surface area contributed by atoms with Crippen molar-refractivity contribution < 1.29 is 14.6 Å². The maximum atomic E-state index is 12.4. The normalized spacial score (nSPS) is 10.6. The highest BCUT2D eigenvalue weighted by Gasteiger charge is 2.21. The zero-order valence-corrected chi connectivity index (χ0v) is 15.9. The van der Waals surface area contributed by atoms with Gasteiger partial charge in [0.1, 0.15) is 5.02 Å². The smallest absolute Gasteiger partial charge is 0.277 e. The highest BCUT2D eigenvalue weighted by Crippen LogP contribution is 2.25. The average molecular weight is 436 g/mol. The number of aromatic nitrogens is 2. The first-order chi connectivity index (χ1) is 13.7. The van der Waals surface area contributed by atoms with Crippen LogP contribution in [0.5, 0.6) is 0 Å². The predicted octanol–water partition coefficient (Wildman–Crippen LogP) is 4.31. The van der Waals surface area contributed by atoms with Crippen LogP contribution in [0.15, 0.2) is 48.7 Å². The fourth-order valence-electron chi connectivity index (χ4n) is 2.46. The number of nitro benzene ring substituents is 2. The highest BCUT2D eigenvalue weighted by molar-refractivity contribution is 6.33. The van der Waals surface area contributed by atoms with Crippen LogP contribution in [-0.4, -0.2) is 25.5 Å². The van der Waals surface area contributed by atoms with E-state index in [0.29, 0.717) is 11.6 Å². The zero-order valence-electron chi connectivity index (χ0n) is 14.4. The maximum absolute atomic E-state index is 12.4. The number of non-ortho nitro benzene ring substituents is 2. The lowest BCUT2D eigenvalue weighted by Crippen LogP contribution is -2.14. The number of rotatable bonds is 6. The fraction of sp³-hybridized carbons (Fsp3) is 0.0588. The second-order valence-electron chi connectivity index (χ2n) is 5.86. The third-order valence-corrected chi connectivity index (χ3v) is 4.32. The first-order valence-corrected chi connectivity index (χ1v) is 8.71. The molecule has 0 bridgehead atoms. The van der Waals surface area contributed by atoms with Gasteiger partial charge in [-0.25, -0.2) is 0 Å². The molecule has 10 nitrogen and oxygen atoms in total. The number of carbonyl (C=O) groups excluding carboxylic acids is 1. The Bertz CT molecular complexity index is 1080. The molecule has 3 aromatic rings. The molecule has 1 heterocycles. The number of benzene rings is 2. The molecule has 1 aromatic heterocycles. The van der Waals surface area contributed by atoms with E-state index in [1.807, 2.05) is 0 Å². The number of nitrogens with one attached hydrogen (secondary N) is 1. The lowest BCUT2D eigenvalue weighted by Gasteiger charge is -2.04. The lowest BCUT2D eigenvalue weighted by atomic mass is 10.1. The van der Waals surface area contributed by atoms with Gasteiger partial charge in [-0.1, -0.05) is 35.3 Å². The molecule has 12 heteroatoms. The van der Waals surface area contributed by atoms with E-state index >= 15 is 0 Å². The van der Waals surface area contributed by atoms with Crippen LogP contribution >= 0.6 is 23.2 Å². The van der Waals surface area contributed by atoms with Crippen LogP contribution in [0.2, 0.25) is 10.0 Å². The van der Waals surface area contributed by atoms with E-state index in [2.05, 4.69) is 10.4 Å². The third-order valence-electron chi connectivity index (χ3n) is 3.79. The summed E-state index contributed by atoms with van der Waals surface area (Å²) in [5.41, 5.74) is -0.539. The van der Waals surface area contributed by atoms with Gasteiger partial charge in [0.15, 0.2) is 5.82 Å². The molecule has 148 valence electrons. The lowest BCUT2D eigenvalue weighted by molar-refractivity contribution is -0.394. The van der Waals surface area contributed by atoms with Gasteiger partial charge in [-0.15, -0.1) is 0 Å². The molecular weight excluding hydrogens is 425 g/mol. The number of hydrogen-bond acceptors (Lipinski definition) is 6. The van der Waals surface area contributed by atoms with Crippen molar-refractivity contribution in [3.8, 4) is 0 Å². The Labute approximate surface area is 173 Å². The summed E-state index contributed by atoms with van der Waals surface area (Å²) >= 11 is 11.9. The minimum Gasteiger partial charge on any atom is -0.304 e. The summed E-state index contributed by atoms with van der Waals surface area (Å²) in [6.07, 6.45) is 1.49. The number of carbonyl (C=O) groups is 1. The molecule has 0 spiro atoms. The number of anilines is 1. The number of halogens is 2. The van der Waals surface area contributed by atoms with Gasteiger partial charge in [0.05, 0.1) is 28.0 Å². The number of nitro groups is 2. The molecule has 29 heavy (non-hydrogen) atoms. The standard InChI is InChI=1S/C17H11Cl2N5O5/c18-12-3-1-10(2-4-12)8-22-9-15(19)16(21-22)20-17(25)11-5-13(23(26)27)7-14(6-11)24(28)29/h1-7,9H,8H2,(H,20,21,25). The molecule has 0 atom stereocenters. The molecule has 0 aliphatic rings. The Balaban J connectivity index is 1.82. The summed E-state index contributed by atoms with van der Waals surface area (Å²) in [4.78, 5) is 32.7. The first kappa shape index (κ1) is 20.2. The third kappa shape index (κ3) is 4.86. The Morgan fingerprint density at radius 2 is 1.62 bits per heavy atom. The Morgan fingerprint density at radius 1 is 1.03 bits per heavy atom. The molecule has 0 aliphatic carbocycles. The topological polar surface area (TPSA) is 133 Å². The molecule has 3 rings (SSSR count). The van der Waals surface area contributed by atoms with Crippen LogP contribution in [0.4, 0.5) is 17.2 Å². The quantitative estimate of drug-likeness (QED) is 0.452. The van der Waals surface area contributed by atoms with Crippen molar-refractivity contribution in [2.75, 3.05) is 5.32 Å². The van der Waals surface area contributed by atoms with Gasteiger partial charge in [0.2, 0.25) is 0 Å². The molecule has 1 N–H and O–H groups in total. The van der Waals surface area contributed by atoms with Crippen molar-refractivity contribution in [1.82, 2.24) is 9.78 Å². The van der Waals surface area contributed by atoms with Gasteiger partial charge in [0.25, 0.3) is 17.3 Å². The van der Waals surface area contributed by atoms with Gasteiger partial charge in [-0.2, -0.15) is 5.10 Å². The van der Waals surface area contributed by atoms with E-state index in [-0.39, 0.29) is 16.4 Å². The molecule has 0 saturated heterocycles. The van der Waals surface area contributed by atoms with Crippen molar-refractivity contribution in [2.24, 2.45) is 0 Å². The summed E-state index contributed by atoms with van der Waals surface area (Å²) in [6.45, 7) is 0.356. The SMILES string of the molecule is O=C(Nc1nn(Cc2ccc(Cl)cc2)cc1Cl)c1cc([N+](=O)[O-])cc([N+](=O)[O-])c1. The molecule has 2 aromatic carbocycles. The maximum Gasteiger partial charge on any atom is 0.277 e. The highest BCUT2D eigenvalue weighted by atomic mass is 35.5. The first-order valence-electron chi connectivity index (χ1n) is 7.95. The Kier molecular flexibility index (Phi) is 5.76.